The summed E-state index contributed by atoms with van der Waals surface area (Å²) in [4.78, 5) is 7.46. The lowest BCUT2D eigenvalue weighted by Crippen LogP contribution is -2.21. The Morgan fingerprint density at radius 2 is 1.32 bits per heavy atom. The van der Waals surface area contributed by atoms with E-state index >= 15 is 0 Å². The zero-order valence-corrected chi connectivity index (χ0v) is 30.2. The molecule has 0 saturated heterocycles. The monoisotopic (exact) mass is 716 g/mol. The van der Waals surface area contributed by atoms with Gasteiger partial charge in [-0.05, 0) is 78.8 Å². The van der Waals surface area contributed by atoms with Crippen molar-refractivity contribution < 1.29 is 4.74 Å². The average Bonchev–Trinajstić information content (AvgIpc) is 3.63. The lowest BCUT2D eigenvalue weighted by molar-refractivity contribution is 0.0902. The molecule has 0 amide bonds. The van der Waals surface area contributed by atoms with Crippen LogP contribution < -0.4 is 0 Å². The Kier molecular flexibility index (Phi) is 11.4. The summed E-state index contributed by atoms with van der Waals surface area (Å²) in [7, 11) is -1.06. The van der Waals surface area contributed by atoms with E-state index in [-0.39, 0.29) is 0 Å². The third-order valence-corrected chi connectivity index (χ3v) is 12.1. The molecule has 4 aromatic carbocycles. The van der Waals surface area contributed by atoms with Crippen molar-refractivity contribution in [3.8, 4) is 0 Å². The van der Waals surface area contributed by atoms with E-state index in [2.05, 4.69) is 77.9 Å². The molecule has 6 rings (SSSR count). The zero-order chi connectivity index (χ0) is 31.3. The zero-order valence-electron chi connectivity index (χ0n) is 24.5. The summed E-state index contributed by atoms with van der Waals surface area (Å²) in [5.74, 6) is 0. The lowest BCUT2D eigenvalue weighted by atomic mass is 10.2. The fraction of sp³-hybridized carbons (Fsp3) is 0.176. The van der Waals surface area contributed by atoms with Gasteiger partial charge in [-0.15, -0.1) is 0 Å². The number of fused-ring (bicyclic) bond motifs is 2. The van der Waals surface area contributed by atoms with Crippen LogP contribution in [0.1, 0.15) is 0 Å². The second-order valence-corrected chi connectivity index (χ2v) is 20.8. The van der Waals surface area contributed by atoms with Crippen LogP contribution in [0.5, 0.6) is 0 Å². The van der Waals surface area contributed by atoms with Gasteiger partial charge in [0.05, 0.1) is 15.6 Å². The van der Waals surface area contributed by atoms with Crippen LogP contribution in [-0.2, 0) is 11.5 Å². The number of aromatic nitrogens is 2. The molecule has 228 valence electrons. The summed E-state index contributed by atoms with van der Waals surface area (Å²) in [5.41, 5.74) is 2.29. The van der Waals surface area contributed by atoms with Gasteiger partial charge >= 0.3 is 0 Å². The molecule has 0 saturated carbocycles. The third-order valence-electron chi connectivity index (χ3n) is 6.78. The largest absolute Gasteiger partial charge is 0.361 e. The van der Waals surface area contributed by atoms with Gasteiger partial charge < -0.3 is 14.3 Å². The minimum absolute atomic E-state index is 0.583. The van der Waals surface area contributed by atoms with E-state index in [1.807, 2.05) is 42.6 Å². The van der Waals surface area contributed by atoms with Crippen molar-refractivity contribution in [1.29, 1.82) is 0 Å². The maximum Gasteiger partial charge on any atom is 0.122 e. The van der Waals surface area contributed by atoms with E-state index in [4.69, 9.17) is 51.1 Å². The third kappa shape index (κ3) is 8.83. The molecule has 2 heterocycles. The smallest absolute Gasteiger partial charge is 0.122 e. The van der Waals surface area contributed by atoms with E-state index in [1.165, 1.54) is 22.3 Å². The van der Waals surface area contributed by atoms with Gasteiger partial charge in [0.25, 0.3) is 0 Å². The molecule has 3 nitrogen and oxygen atoms in total. The van der Waals surface area contributed by atoms with Crippen molar-refractivity contribution in [1.82, 2.24) is 9.55 Å². The van der Waals surface area contributed by atoms with Gasteiger partial charge in [-0.2, -0.15) is 0 Å². The summed E-state index contributed by atoms with van der Waals surface area (Å²) < 4.78 is 8.06. The van der Waals surface area contributed by atoms with Crippen LogP contribution in [0.2, 0.25) is 45.8 Å². The van der Waals surface area contributed by atoms with Crippen LogP contribution in [0.3, 0.4) is 0 Å². The predicted octanol–water partition coefficient (Wildman–Crippen LogP) is 13.0. The molecule has 10 heteroatoms. The molecule has 0 aliphatic carbocycles. The maximum absolute atomic E-state index is 6.32. The summed E-state index contributed by atoms with van der Waals surface area (Å²) in [6, 6.07) is 28.9. The summed E-state index contributed by atoms with van der Waals surface area (Å²) in [6.07, 6.45) is 4.02. The first-order valence-corrected chi connectivity index (χ1v) is 20.9. The van der Waals surface area contributed by atoms with Gasteiger partial charge in [-0.25, -0.2) is 0 Å². The number of aromatic amines is 1. The minimum atomic E-state index is -1.06. The van der Waals surface area contributed by atoms with Gasteiger partial charge in [-0.3, -0.25) is 0 Å². The summed E-state index contributed by atoms with van der Waals surface area (Å²) in [5, 5.41) is 5.21. The van der Waals surface area contributed by atoms with Crippen molar-refractivity contribution in [2.75, 3.05) is 6.61 Å². The van der Waals surface area contributed by atoms with Gasteiger partial charge in [0.15, 0.2) is 0 Å². The molecule has 1 N–H and O–H groups in total. The first-order valence-electron chi connectivity index (χ1n) is 14.0. The van der Waals surface area contributed by atoms with Gasteiger partial charge in [0.1, 0.15) is 6.73 Å². The Bertz CT molecular complexity index is 1880. The van der Waals surface area contributed by atoms with Crippen LogP contribution >= 0.6 is 69.9 Å². The van der Waals surface area contributed by atoms with Crippen molar-refractivity contribution in [3.05, 3.63) is 117 Å². The standard InChI is InChI=1S/C20H23Cl2NOSSi.C14H9Cl2NS/c1-26(2,3)12-11-24-14-23-10-9-16-18(23)5-4-6-19(16)25-20-13-15(21)7-8-17(20)22;15-9-4-5-11(16)14(8-9)18-13-3-1-2-12-10(13)6-7-17-12/h4-10,13H,11-12,14H2,1-3H3;1-8,17H. The number of hydrogen-bond donors (Lipinski definition) is 1. The molecule has 0 spiro atoms. The number of nitrogens with zero attached hydrogens (tertiary/aromatic N) is 1. The van der Waals surface area contributed by atoms with Crippen molar-refractivity contribution in [3.63, 3.8) is 0 Å². The highest BCUT2D eigenvalue weighted by Gasteiger charge is 2.13. The second kappa shape index (κ2) is 15.1. The number of rotatable bonds is 9. The molecular weight excluding hydrogens is 686 g/mol. The first kappa shape index (κ1) is 33.4. The molecule has 6 aromatic rings. The molecule has 0 atom stereocenters. The minimum Gasteiger partial charge on any atom is -0.361 e. The quantitative estimate of drug-likeness (QED) is 0.119. The van der Waals surface area contributed by atoms with Crippen LogP contribution in [0.25, 0.3) is 21.8 Å². The Balaban J connectivity index is 0.000000186. The number of hydrogen-bond acceptors (Lipinski definition) is 3. The van der Waals surface area contributed by atoms with E-state index in [0.29, 0.717) is 21.8 Å². The second-order valence-electron chi connectivity index (χ2n) is 11.4. The van der Waals surface area contributed by atoms with Gasteiger partial charge in [0.2, 0.25) is 0 Å². The number of nitrogens with one attached hydrogen (secondary N) is 1. The topological polar surface area (TPSA) is 29.9 Å². The molecule has 0 aliphatic rings. The molecule has 44 heavy (non-hydrogen) atoms. The highest BCUT2D eigenvalue weighted by Crippen LogP contribution is 2.39. The Labute approximate surface area is 288 Å². The summed E-state index contributed by atoms with van der Waals surface area (Å²) in [6.45, 7) is 8.51. The normalized spacial score (nSPS) is 11.6. The van der Waals surface area contributed by atoms with E-state index in [9.17, 15) is 0 Å². The van der Waals surface area contributed by atoms with Crippen molar-refractivity contribution in [2.24, 2.45) is 0 Å². The molecular formula is C34H32Cl4N2OS2Si. The van der Waals surface area contributed by atoms with Crippen LogP contribution in [0.4, 0.5) is 0 Å². The van der Waals surface area contributed by atoms with Crippen molar-refractivity contribution in [2.45, 2.75) is 52.0 Å². The maximum atomic E-state index is 6.32. The molecule has 0 radical (unpaired) electrons. The van der Waals surface area contributed by atoms with Crippen LogP contribution in [0, 0.1) is 0 Å². The van der Waals surface area contributed by atoms with Crippen LogP contribution in [-0.4, -0.2) is 24.2 Å². The first-order chi connectivity index (χ1) is 21.1. The van der Waals surface area contributed by atoms with Crippen molar-refractivity contribution >= 4 is 99.8 Å². The average molecular weight is 719 g/mol. The SMILES string of the molecule is C[Si](C)(C)CCOCn1ccc2c(Sc3cc(Cl)ccc3Cl)cccc21.Clc1ccc(Cl)c(Sc2cccc3[nH]ccc23)c1. The molecule has 2 aromatic heterocycles. The van der Waals surface area contributed by atoms with E-state index in [1.54, 1.807) is 29.6 Å². The number of ether oxygens (including phenoxy) is 1. The fourth-order valence-corrected chi connectivity index (χ4v) is 8.17. The summed E-state index contributed by atoms with van der Waals surface area (Å²) >= 11 is 27.9. The van der Waals surface area contributed by atoms with Gasteiger partial charge in [-0.1, -0.05) is 102 Å². The fourth-order valence-electron chi connectivity index (χ4n) is 4.43. The van der Waals surface area contributed by atoms with E-state index < -0.39 is 8.07 Å². The molecule has 0 aliphatic heterocycles. The Hall–Kier alpha value is -2.00. The highest BCUT2D eigenvalue weighted by atomic mass is 35.5. The lowest BCUT2D eigenvalue weighted by Gasteiger charge is -2.15. The highest BCUT2D eigenvalue weighted by molar-refractivity contribution is 8.00. The Morgan fingerprint density at radius 1 is 0.705 bits per heavy atom. The number of halogens is 4. The van der Waals surface area contributed by atoms with E-state index in [0.717, 1.165) is 36.7 Å². The molecule has 0 unspecified atom stereocenters. The van der Waals surface area contributed by atoms with Gasteiger partial charge in [0, 0.05) is 73.0 Å². The molecule has 0 bridgehead atoms. The molecule has 0 fully saturated rings. The predicted molar refractivity (Wildman–Crippen MR) is 196 cm³/mol. The number of H-pyrrole nitrogens is 1. The Morgan fingerprint density at radius 3 is 1.95 bits per heavy atom. The van der Waals surface area contributed by atoms with Crippen LogP contribution in [0.15, 0.2) is 117 Å². The number of benzene rings is 4.